The van der Waals surface area contributed by atoms with Crippen LogP contribution in [0.15, 0.2) is 108 Å². The van der Waals surface area contributed by atoms with Gasteiger partial charge in [0.1, 0.15) is 0 Å². The Bertz CT molecular complexity index is 1540. The average molecular weight is 635 g/mol. The van der Waals surface area contributed by atoms with Crippen molar-refractivity contribution in [2.24, 2.45) is 5.92 Å². The Morgan fingerprint density at radius 2 is 1.29 bits per heavy atom. The third-order valence-electron chi connectivity index (χ3n) is 6.95. The van der Waals surface area contributed by atoms with Gasteiger partial charge in [0.15, 0.2) is 0 Å². The molecule has 0 spiro atoms. The van der Waals surface area contributed by atoms with Crippen LogP contribution in [0.25, 0.3) is 43.4 Å². The predicted molar refractivity (Wildman–Crippen MR) is 173 cm³/mol. The summed E-state index contributed by atoms with van der Waals surface area (Å²) in [5.41, 5.74) is 6.88. The molecule has 0 nitrogen and oxygen atoms in total. The Hall–Kier alpha value is -1.83. The summed E-state index contributed by atoms with van der Waals surface area (Å²) in [5.74, 6) is 0.560. The second kappa shape index (κ2) is 16.3. The van der Waals surface area contributed by atoms with Crippen LogP contribution in [0.1, 0.15) is 27.7 Å². The third kappa shape index (κ3) is 7.42. The minimum absolute atomic E-state index is 0. The standard InChI is InChI=1S/C23H15.C9H13.2CH3.2ClH.Si.Zr/c1-2-8-18-15-23-19(14-17(18)7-1)9-5-11-21(23)22-13-12-16-6-3-4-10-20(16)22;1-6-5-7(2)9(4)8(6)3;;;;;;/h1-15H;6H,1-4H3;2*1H3;2*1H;;/q4*-1;;;;. The Morgan fingerprint density at radius 3 is 1.87 bits per heavy atom. The van der Waals surface area contributed by atoms with Gasteiger partial charge in [-0.3, -0.25) is 6.08 Å². The van der Waals surface area contributed by atoms with Crippen LogP contribution in [0.5, 0.6) is 0 Å². The zero-order chi connectivity index (χ0) is 24.2. The molecule has 0 aromatic heterocycles. The molecule has 2 radical (unpaired) electrons. The summed E-state index contributed by atoms with van der Waals surface area (Å²) in [5, 5.41) is 7.84. The fourth-order valence-corrected chi connectivity index (χ4v) is 4.75. The maximum atomic E-state index is 3.36. The molecule has 0 N–H and O–H groups in total. The molecule has 198 valence electrons. The van der Waals surface area contributed by atoms with E-state index < -0.39 is 0 Å². The Labute approximate surface area is 259 Å². The van der Waals surface area contributed by atoms with E-state index in [4.69, 9.17) is 0 Å². The van der Waals surface area contributed by atoms with Crippen LogP contribution >= 0.6 is 24.8 Å². The smallest absolute Gasteiger partial charge is 0.0178 e. The van der Waals surface area contributed by atoms with E-state index in [-0.39, 0.29) is 39.7 Å². The molecule has 5 aromatic rings. The molecule has 1 unspecified atom stereocenters. The summed E-state index contributed by atoms with van der Waals surface area (Å²) in [6.07, 6.45) is 3.36. The monoisotopic (exact) mass is 632 g/mol. The maximum Gasteiger partial charge on any atom is -0.0178 e. The molecular weight excluding hydrogens is 599 g/mol. The van der Waals surface area contributed by atoms with E-state index in [9.17, 15) is 0 Å². The number of halogens is 2. The third-order valence-corrected chi connectivity index (χ3v) is 6.95. The van der Waals surface area contributed by atoms with Gasteiger partial charge in [-0.15, -0.1) is 78.4 Å². The van der Waals surface area contributed by atoms with Gasteiger partial charge in [-0.25, -0.2) is 5.57 Å². The van der Waals surface area contributed by atoms with Crippen LogP contribution in [-0.2, 0) is 23.3 Å². The Balaban J connectivity index is 0.000000791. The summed E-state index contributed by atoms with van der Waals surface area (Å²) in [6.45, 7) is 11.7. The van der Waals surface area contributed by atoms with E-state index in [1.807, 2.05) is 0 Å². The SMILES string of the molecule is CC1=[C-]C(C)C(C)=C1C.Cl.Cl.[CH3-].[CH3-].[Si]=[Zr].c1ccc2cc3c(-c4c[cH-]c5ccccc45)cccc3cc2c1. The van der Waals surface area contributed by atoms with Gasteiger partial charge in [0.2, 0.25) is 0 Å². The van der Waals surface area contributed by atoms with Gasteiger partial charge in [0, 0.05) is 0 Å². The maximum absolute atomic E-state index is 3.36. The van der Waals surface area contributed by atoms with Crippen molar-refractivity contribution in [2.45, 2.75) is 27.7 Å². The van der Waals surface area contributed by atoms with Crippen molar-refractivity contribution >= 4 is 64.0 Å². The average Bonchev–Trinajstić information content (AvgIpc) is 3.40. The molecule has 1 aliphatic rings. The molecule has 1 atom stereocenters. The van der Waals surface area contributed by atoms with Crippen LogP contribution in [0.4, 0.5) is 0 Å². The zero-order valence-corrected chi connectivity index (χ0v) is 28.1. The zero-order valence-electron chi connectivity index (χ0n) is 23.1. The predicted octanol–water partition coefficient (Wildman–Crippen LogP) is 10.6. The van der Waals surface area contributed by atoms with Gasteiger partial charge in [-0.1, -0.05) is 80.8 Å². The summed E-state index contributed by atoms with van der Waals surface area (Å²) in [4.78, 5) is 0. The number of rotatable bonds is 1. The second-order valence-corrected chi connectivity index (χ2v) is 8.86. The van der Waals surface area contributed by atoms with Gasteiger partial charge in [-0.05, 0) is 33.7 Å². The van der Waals surface area contributed by atoms with Crippen molar-refractivity contribution in [3.05, 3.63) is 129 Å². The molecule has 1 aliphatic carbocycles. The minimum atomic E-state index is 0. The topological polar surface area (TPSA) is 0 Å². The summed E-state index contributed by atoms with van der Waals surface area (Å²) >= 11 is 1.36. The molecule has 0 bridgehead atoms. The van der Waals surface area contributed by atoms with Crippen LogP contribution in [0.2, 0.25) is 0 Å². The van der Waals surface area contributed by atoms with Gasteiger partial charge >= 0.3 is 30.2 Å². The first-order valence-corrected chi connectivity index (χ1v) is 15.8. The Morgan fingerprint density at radius 1 is 0.711 bits per heavy atom. The molecule has 5 aromatic carbocycles. The van der Waals surface area contributed by atoms with Crippen molar-refractivity contribution in [3.63, 3.8) is 0 Å². The molecule has 0 saturated carbocycles. The van der Waals surface area contributed by atoms with Crippen molar-refractivity contribution in [1.82, 2.24) is 0 Å². The minimum Gasteiger partial charge on any atom is -0.150 e. The quantitative estimate of drug-likeness (QED) is 0.0978. The van der Waals surface area contributed by atoms with E-state index in [0.29, 0.717) is 5.92 Å². The molecule has 0 amide bonds. The van der Waals surface area contributed by atoms with Crippen LogP contribution in [0, 0.1) is 26.8 Å². The number of hydrogen-bond donors (Lipinski definition) is 0. The van der Waals surface area contributed by atoms with Crippen molar-refractivity contribution in [3.8, 4) is 11.1 Å². The molecular formula is C34H36Cl2SiZr-4. The fourth-order valence-electron chi connectivity index (χ4n) is 4.75. The summed E-state index contributed by atoms with van der Waals surface area (Å²) < 4.78 is 0. The normalized spacial score (nSPS) is 13.4. The fraction of sp³-hybridized carbons (Fsp3) is 0.147. The van der Waals surface area contributed by atoms with Gasteiger partial charge in [-0.2, -0.15) is 11.1 Å². The van der Waals surface area contributed by atoms with Gasteiger partial charge in [0.25, 0.3) is 0 Å². The van der Waals surface area contributed by atoms with Gasteiger partial charge in [0.05, 0.1) is 0 Å². The molecule has 0 fully saturated rings. The molecule has 6 rings (SSSR count). The molecule has 0 heterocycles. The molecule has 0 aliphatic heterocycles. The van der Waals surface area contributed by atoms with E-state index in [0.717, 1.165) is 0 Å². The largest absolute Gasteiger partial charge is 0.150 e. The van der Waals surface area contributed by atoms with Crippen molar-refractivity contribution < 1.29 is 23.3 Å². The number of allylic oxidation sites excluding steroid dienone is 4. The van der Waals surface area contributed by atoms with E-state index in [1.54, 1.807) is 0 Å². The first-order valence-electron chi connectivity index (χ1n) is 11.6. The summed E-state index contributed by atoms with van der Waals surface area (Å²) in [6, 6.07) is 32.9. The van der Waals surface area contributed by atoms with E-state index >= 15 is 0 Å². The van der Waals surface area contributed by atoms with Crippen molar-refractivity contribution in [1.29, 1.82) is 0 Å². The summed E-state index contributed by atoms with van der Waals surface area (Å²) in [7, 11) is 0. The van der Waals surface area contributed by atoms with Gasteiger partial charge < -0.3 is 14.9 Å². The molecule has 0 saturated heterocycles. The Kier molecular flexibility index (Phi) is 15.5. The number of fused-ring (bicyclic) bond motifs is 3. The van der Waals surface area contributed by atoms with E-state index in [1.165, 1.54) is 83.5 Å². The van der Waals surface area contributed by atoms with E-state index in [2.05, 4.69) is 132 Å². The number of hydrogen-bond acceptors (Lipinski definition) is 0. The second-order valence-electron chi connectivity index (χ2n) is 8.86. The molecule has 38 heavy (non-hydrogen) atoms. The molecule has 4 heteroatoms. The number of benzene rings is 4. The van der Waals surface area contributed by atoms with Crippen molar-refractivity contribution in [2.75, 3.05) is 0 Å². The van der Waals surface area contributed by atoms with Crippen LogP contribution < -0.4 is 0 Å². The first-order chi connectivity index (χ1) is 16.5. The first kappa shape index (κ1) is 36.2. The van der Waals surface area contributed by atoms with Crippen LogP contribution in [0.3, 0.4) is 0 Å². The van der Waals surface area contributed by atoms with Crippen LogP contribution in [-0.4, -0.2) is 6.88 Å².